The average molecular weight is 493 g/mol. The van der Waals surface area contributed by atoms with E-state index in [1.807, 2.05) is 0 Å². The number of carbonyl (C=O) groups is 2. The molecule has 0 fully saturated rings. The SMILES string of the molecule is COC(=O)c1cccc(NC(=O)CN(c2ccc(Cl)c(Cl)c2)S(=O)(=O)c2ccccc2)c1. The van der Waals surface area contributed by atoms with E-state index < -0.39 is 28.4 Å². The number of benzene rings is 3. The minimum atomic E-state index is -4.10. The van der Waals surface area contributed by atoms with E-state index in [-0.39, 0.29) is 26.2 Å². The van der Waals surface area contributed by atoms with Crippen LogP contribution in [0.1, 0.15) is 10.4 Å². The normalized spacial score (nSPS) is 11.0. The summed E-state index contributed by atoms with van der Waals surface area (Å²) in [6.07, 6.45) is 0. The van der Waals surface area contributed by atoms with Crippen molar-refractivity contribution >= 4 is 56.5 Å². The Bertz CT molecular complexity index is 1250. The van der Waals surface area contributed by atoms with Gasteiger partial charge in [-0.3, -0.25) is 9.10 Å². The van der Waals surface area contributed by atoms with Crippen LogP contribution in [0.2, 0.25) is 10.0 Å². The molecule has 3 aromatic carbocycles. The number of esters is 1. The van der Waals surface area contributed by atoms with E-state index in [1.54, 1.807) is 30.3 Å². The predicted molar refractivity (Wildman–Crippen MR) is 124 cm³/mol. The van der Waals surface area contributed by atoms with E-state index in [0.29, 0.717) is 5.69 Å². The smallest absolute Gasteiger partial charge is 0.337 e. The Labute approximate surface area is 195 Å². The molecule has 0 aliphatic rings. The van der Waals surface area contributed by atoms with Crippen molar-refractivity contribution in [2.75, 3.05) is 23.3 Å². The molecule has 0 aliphatic heterocycles. The van der Waals surface area contributed by atoms with Crippen molar-refractivity contribution in [1.29, 1.82) is 0 Å². The Kier molecular flexibility index (Phi) is 7.40. The molecule has 1 N–H and O–H groups in total. The molecule has 0 radical (unpaired) electrons. The molecule has 1 amide bonds. The van der Waals surface area contributed by atoms with Gasteiger partial charge in [-0.05, 0) is 48.5 Å². The largest absolute Gasteiger partial charge is 0.465 e. The molecule has 3 rings (SSSR count). The highest BCUT2D eigenvalue weighted by Crippen LogP contribution is 2.30. The van der Waals surface area contributed by atoms with Gasteiger partial charge in [0.2, 0.25) is 5.91 Å². The summed E-state index contributed by atoms with van der Waals surface area (Å²) in [6.45, 7) is -0.544. The van der Waals surface area contributed by atoms with Crippen LogP contribution in [0.15, 0.2) is 77.7 Å². The van der Waals surface area contributed by atoms with Crippen LogP contribution in [-0.2, 0) is 19.6 Å². The van der Waals surface area contributed by atoms with Gasteiger partial charge < -0.3 is 10.1 Å². The Morgan fingerprint density at radius 2 is 1.66 bits per heavy atom. The minimum Gasteiger partial charge on any atom is -0.465 e. The monoisotopic (exact) mass is 492 g/mol. The van der Waals surface area contributed by atoms with Gasteiger partial charge in [-0.2, -0.15) is 0 Å². The molecular formula is C22H18Cl2N2O5S. The number of nitrogens with one attached hydrogen (secondary N) is 1. The molecule has 32 heavy (non-hydrogen) atoms. The van der Waals surface area contributed by atoms with Gasteiger partial charge in [-0.15, -0.1) is 0 Å². The van der Waals surface area contributed by atoms with Gasteiger partial charge in [0.1, 0.15) is 6.54 Å². The first-order valence-electron chi connectivity index (χ1n) is 9.23. The molecule has 10 heteroatoms. The third-order valence-electron chi connectivity index (χ3n) is 4.38. The molecule has 0 atom stereocenters. The number of anilines is 2. The summed E-state index contributed by atoms with van der Waals surface area (Å²) in [4.78, 5) is 24.5. The van der Waals surface area contributed by atoms with Crippen molar-refractivity contribution in [1.82, 2.24) is 0 Å². The van der Waals surface area contributed by atoms with E-state index in [4.69, 9.17) is 23.2 Å². The number of methoxy groups -OCH3 is 1. The van der Waals surface area contributed by atoms with Crippen LogP contribution in [0.4, 0.5) is 11.4 Å². The zero-order chi connectivity index (χ0) is 23.3. The fourth-order valence-corrected chi connectivity index (χ4v) is 4.57. The van der Waals surface area contributed by atoms with Crippen molar-refractivity contribution in [3.8, 4) is 0 Å². The molecule has 0 bridgehead atoms. The van der Waals surface area contributed by atoms with Crippen LogP contribution in [0.5, 0.6) is 0 Å². The molecule has 7 nitrogen and oxygen atoms in total. The van der Waals surface area contributed by atoms with Crippen LogP contribution in [-0.4, -0.2) is 33.9 Å². The Hall–Kier alpha value is -3.07. The number of hydrogen-bond donors (Lipinski definition) is 1. The highest BCUT2D eigenvalue weighted by atomic mass is 35.5. The molecular weight excluding hydrogens is 475 g/mol. The van der Waals surface area contributed by atoms with Crippen molar-refractivity contribution < 1.29 is 22.7 Å². The molecule has 0 saturated heterocycles. The second kappa shape index (κ2) is 10.0. The summed E-state index contributed by atoms with van der Waals surface area (Å²) in [5.41, 5.74) is 0.717. The maximum absolute atomic E-state index is 13.3. The fourth-order valence-electron chi connectivity index (χ4n) is 2.85. The first-order valence-corrected chi connectivity index (χ1v) is 11.4. The highest BCUT2D eigenvalue weighted by Gasteiger charge is 2.27. The number of hydrogen-bond acceptors (Lipinski definition) is 5. The number of nitrogens with zero attached hydrogens (tertiary/aromatic N) is 1. The Morgan fingerprint density at radius 1 is 0.938 bits per heavy atom. The van der Waals surface area contributed by atoms with Crippen LogP contribution >= 0.6 is 23.2 Å². The van der Waals surface area contributed by atoms with E-state index in [9.17, 15) is 18.0 Å². The summed E-state index contributed by atoms with van der Waals surface area (Å²) in [5.74, 6) is -1.19. The Balaban J connectivity index is 1.93. The molecule has 3 aromatic rings. The quantitative estimate of drug-likeness (QED) is 0.485. The van der Waals surface area contributed by atoms with Crippen LogP contribution in [0.3, 0.4) is 0 Å². The molecule has 0 aromatic heterocycles. The van der Waals surface area contributed by atoms with E-state index in [0.717, 1.165) is 4.31 Å². The van der Waals surface area contributed by atoms with Gasteiger partial charge in [0.15, 0.2) is 0 Å². The third kappa shape index (κ3) is 5.40. The van der Waals surface area contributed by atoms with E-state index in [2.05, 4.69) is 10.1 Å². The zero-order valence-electron chi connectivity index (χ0n) is 16.8. The summed E-state index contributed by atoms with van der Waals surface area (Å²) < 4.78 is 32.2. The lowest BCUT2D eigenvalue weighted by Gasteiger charge is -2.24. The fraction of sp³-hybridized carbons (Fsp3) is 0.0909. The molecule has 0 heterocycles. The molecule has 0 spiro atoms. The summed E-state index contributed by atoms with van der Waals surface area (Å²) in [5, 5.41) is 2.99. The van der Waals surface area contributed by atoms with Crippen molar-refractivity contribution in [2.24, 2.45) is 0 Å². The number of carbonyl (C=O) groups excluding carboxylic acids is 2. The first kappa shape index (κ1) is 23.6. The van der Waals surface area contributed by atoms with Gasteiger partial charge in [0.05, 0.1) is 33.3 Å². The third-order valence-corrected chi connectivity index (χ3v) is 6.90. The van der Waals surface area contributed by atoms with Gasteiger partial charge in [0.25, 0.3) is 10.0 Å². The predicted octanol–water partition coefficient (Wildman–Crippen LogP) is 4.61. The second-order valence-corrected chi connectivity index (χ2v) is 9.22. The maximum Gasteiger partial charge on any atom is 0.337 e. The van der Waals surface area contributed by atoms with Gasteiger partial charge in [-0.1, -0.05) is 47.5 Å². The van der Waals surface area contributed by atoms with Gasteiger partial charge in [0, 0.05) is 5.69 Å². The Morgan fingerprint density at radius 3 is 2.31 bits per heavy atom. The zero-order valence-corrected chi connectivity index (χ0v) is 19.1. The van der Waals surface area contributed by atoms with Gasteiger partial charge in [-0.25, -0.2) is 13.2 Å². The van der Waals surface area contributed by atoms with Crippen LogP contribution < -0.4 is 9.62 Å². The molecule has 0 saturated carbocycles. The van der Waals surface area contributed by atoms with E-state index >= 15 is 0 Å². The molecule has 0 unspecified atom stereocenters. The minimum absolute atomic E-state index is 0.00608. The van der Waals surface area contributed by atoms with Crippen molar-refractivity contribution in [3.63, 3.8) is 0 Å². The van der Waals surface area contributed by atoms with E-state index in [1.165, 1.54) is 49.6 Å². The lowest BCUT2D eigenvalue weighted by Crippen LogP contribution is -2.38. The summed E-state index contributed by atoms with van der Waals surface area (Å²) >= 11 is 12.0. The standard InChI is InChI=1S/C22H18Cl2N2O5S/c1-31-22(28)15-6-5-7-16(12-15)25-21(27)14-26(17-10-11-19(23)20(24)13-17)32(29,30)18-8-3-2-4-9-18/h2-13H,14H2,1H3,(H,25,27). The van der Waals surface area contributed by atoms with Crippen molar-refractivity contribution in [2.45, 2.75) is 4.90 Å². The van der Waals surface area contributed by atoms with Crippen LogP contribution in [0.25, 0.3) is 0 Å². The highest BCUT2D eigenvalue weighted by molar-refractivity contribution is 7.92. The first-order chi connectivity index (χ1) is 15.2. The summed E-state index contributed by atoms with van der Waals surface area (Å²) in [6, 6.07) is 18.1. The number of sulfonamides is 1. The lowest BCUT2D eigenvalue weighted by atomic mass is 10.2. The number of ether oxygens (including phenoxy) is 1. The number of rotatable bonds is 7. The topological polar surface area (TPSA) is 92.8 Å². The maximum atomic E-state index is 13.3. The van der Waals surface area contributed by atoms with Crippen molar-refractivity contribution in [3.05, 3.63) is 88.4 Å². The molecule has 0 aliphatic carbocycles. The van der Waals surface area contributed by atoms with Gasteiger partial charge >= 0.3 is 5.97 Å². The average Bonchev–Trinajstić information content (AvgIpc) is 2.79. The molecule has 166 valence electrons. The van der Waals surface area contributed by atoms with Crippen LogP contribution in [0, 0.1) is 0 Å². The second-order valence-electron chi connectivity index (χ2n) is 6.54. The lowest BCUT2D eigenvalue weighted by molar-refractivity contribution is -0.114. The number of halogens is 2. The number of amides is 1. The summed E-state index contributed by atoms with van der Waals surface area (Å²) in [7, 11) is -2.85.